The summed E-state index contributed by atoms with van der Waals surface area (Å²) < 4.78 is 4.91. The molecule has 0 aliphatic rings. The highest BCUT2D eigenvalue weighted by molar-refractivity contribution is 8.00. The SMILES string of the molecule is COC(=O)C(CCc1ccc(O)cc1)Sc1nc2c(C(N)=O)cccc2[nH]1. The van der Waals surface area contributed by atoms with Gasteiger partial charge in [0.2, 0.25) is 0 Å². The van der Waals surface area contributed by atoms with E-state index in [0.29, 0.717) is 34.6 Å². The molecule has 4 N–H and O–H groups in total. The fraction of sp³-hybridized carbons (Fsp3) is 0.211. The van der Waals surface area contributed by atoms with E-state index in [-0.39, 0.29) is 11.7 Å². The van der Waals surface area contributed by atoms with Crippen LogP contribution in [-0.2, 0) is 16.0 Å². The number of phenols is 1. The monoisotopic (exact) mass is 385 g/mol. The normalized spacial score (nSPS) is 12.0. The molecule has 3 aromatic rings. The molecule has 140 valence electrons. The molecular formula is C19H19N3O4S. The van der Waals surface area contributed by atoms with Crippen molar-refractivity contribution in [1.29, 1.82) is 0 Å². The number of methoxy groups -OCH3 is 1. The van der Waals surface area contributed by atoms with E-state index in [4.69, 9.17) is 10.5 Å². The summed E-state index contributed by atoms with van der Waals surface area (Å²) in [4.78, 5) is 31.3. The number of H-pyrrole nitrogens is 1. The Hall–Kier alpha value is -3.00. The smallest absolute Gasteiger partial charge is 0.319 e. The van der Waals surface area contributed by atoms with E-state index in [2.05, 4.69) is 9.97 Å². The third-order valence-electron chi connectivity index (χ3n) is 4.11. The number of ether oxygens (including phenoxy) is 1. The van der Waals surface area contributed by atoms with Gasteiger partial charge in [-0.3, -0.25) is 9.59 Å². The molecule has 0 aliphatic heterocycles. The molecule has 1 amide bonds. The minimum atomic E-state index is -0.555. The molecule has 1 aromatic heterocycles. The lowest BCUT2D eigenvalue weighted by Gasteiger charge is -2.12. The van der Waals surface area contributed by atoms with Crippen molar-refractivity contribution in [2.24, 2.45) is 5.73 Å². The predicted octanol–water partition coefficient (Wildman–Crippen LogP) is 2.63. The van der Waals surface area contributed by atoms with Crippen molar-refractivity contribution < 1.29 is 19.4 Å². The number of carbonyl (C=O) groups excluding carboxylic acids is 2. The predicted molar refractivity (Wildman–Crippen MR) is 103 cm³/mol. The first-order valence-corrected chi connectivity index (χ1v) is 9.17. The summed E-state index contributed by atoms with van der Waals surface area (Å²) in [5, 5.41) is 9.40. The van der Waals surface area contributed by atoms with Gasteiger partial charge in [-0.25, -0.2) is 4.98 Å². The van der Waals surface area contributed by atoms with Crippen LogP contribution >= 0.6 is 11.8 Å². The number of amides is 1. The maximum absolute atomic E-state index is 12.2. The van der Waals surface area contributed by atoms with Crippen LogP contribution in [0.5, 0.6) is 5.75 Å². The fourth-order valence-corrected chi connectivity index (χ4v) is 3.73. The highest BCUT2D eigenvalue weighted by Gasteiger charge is 2.23. The Bertz CT molecular complexity index is 969. The number of para-hydroxylation sites is 1. The van der Waals surface area contributed by atoms with Crippen molar-refractivity contribution in [3.63, 3.8) is 0 Å². The van der Waals surface area contributed by atoms with Crippen LogP contribution in [0.4, 0.5) is 0 Å². The number of phenolic OH excluding ortho intramolecular Hbond substituents is 1. The number of esters is 1. The molecule has 27 heavy (non-hydrogen) atoms. The summed E-state index contributed by atoms with van der Waals surface area (Å²) in [5.74, 6) is -0.708. The maximum Gasteiger partial charge on any atom is 0.319 e. The van der Waals surface area contributed by atoms with Gasteiger partial charge in [-0.15, -0.1) is 0 Å². The molecule has 0 fully saturated rings. The zero-order valence-corrected chi connectivity index (χ0v) is 15.5. The van der Waals surface area contributed by atoms with Gasteiger partial charge in [0, 0.05) is 0 Å². The number of imidazole rings is 1. The van der Waals surface area contributed by atoms with Crippen LogP contribution in [0, 0.1) is 0 Å². The third kappa shape index (κ3) is 4.40. The van der Waals surface area contributed by atoms with Gasteiger partial charge in [0.1, 0.15) is 16.5 Å². The number of aryl methyl sites for hydroxylation is 1. The average Bonchev–Trinajstić information content (AvgIpc) is 3.08. The van der Waals surface area contributed by atoms with Gasteiger partial charge in [-0.1, -0.05) is 30.0 Å². The number of rotatable bonds is 7. The third-order valence-corrected chi connectivity index (χ3v) is 5.24. The van der Waals surface area contributed by atoms with Crippen molar-refractivity contribution in [2.75, 3.05) is 7.11 Å². The number of aromatic nitrogens is 2. The van der Waals surface area contributed by atoms with Crippen LogP contribution < -0.4 is 5.73 Å². The van der Waals surface area contributed by atoms with E-state index in [1.807, 2.05) is 12.1 Å². The number of aromatic hydroxyl groups is 1. The highest BCUT2D eigenvalue weighted by atomic mass is 32.2. The number of hydrogen-bond acceptors (Lipinski definition) is 6. The van der Waals surface area contributed by atoms with Gasteiger partial charge in [0.25, 0.3) is 5.91 Å². The van der Waals surface area contributed by atoms with Crippen LogP contribution in [0.1, 0.15) is 22.3 Å². The Labute approximate surface area is 159 Å². The summed E-state index contributed by atoms with van der Waals surface area (Å²) in [6, 6.07) is 12.0. The van der Waals surface area contributed by atoms with Crippen LogP contribution in [0.15, 0.2) is 47.6 Å². The van der Waals surface area contributed by atoms with Gasteiger partial charge in [-0.2, -0.15) is 0 Å². The molecule has 3 rings (SSSR count). The van der Waals surface area contributed by atoms with E-state index < -0.39 is 11.2 Å². The van der Waals surface area contributed by atoms with Crippen LogP contribution in [0.25, 0.3) is 11.0 Å². The summed E-state index contributed by atoms with van der Waals surface area (Å²) in [6.07, 6.45) is 1.17. The van der Waals surface area contributed by atoms with Gasteiger partial charge in [-0.05, 0) is 42.7 Å². The quantitative estimate of drug-likeness (QED) is 0.425. The summed E-state index contributed by atoms with van der Waals surface area (Å²) >= 11 is 1.25. The summed E-state index contributed by atoms with van der Waals surface area (Å²) in [6.45, 7) is 0. The molecule has 8 heteroatoms. The minimum absolute atomic E-state index is 0.199. The van der Waals surface area contributed by atoms with Gasteiger partial charge >= 0.3 is 5.97 Å². The topological polar surface area (TPSA) is 118 Å². The minimum Gasteiger partial charge on any atom is -0.508 e. The van der Waals surface area contributed by atoms with E-state index in [1.165, 1.54) is 18.9 Å². The Morgan fingerprint density at radius 2 is 2.00 bits per heavy atom. The highest BCUT2D eigenvalue weighted by Crippen LogP contribution is 2.28. The molecule has 0 spiro atoms. The molecule has 0 saturated heterocycles. The number of fused-ring (bicyclic) bond motifs is 1. The molecule has 0 aliphatic carbocycles. The molecule has 7 nitrogen and oxygen atoms in total. The molecule has 1 atom stereocenters. The second-order valence-electron chi connectivity index (χ2n) is 5.94. The number of nitrogens with one attached hydrogen (secondary N) is 1. The number of benzene rings is 2. The molecule has 1 unspecified atom stereocenters. The molecule has 2 aromatic carbocycles. The van der Waals surface area contributed by atoms with Gasteiger partial charge in [0.05, 0.1) is 18.2 Å². The Morgan fingerprint density at radius 1 is 1.26 bits per heavy atom. The van der Waals surface area contributed by atoms with Crippen molar-refractivity contribution in [3.8, 4) is 5.75 Å². The number of aromatic amines is 1. The Morgan fingerprint density at radius 3 is 2.67 bits per heavy atom. The van der Waals surface area contributed by atoms with Crippen molar-refractivity contribution in [3.05, 3.63) is 53.6 Å². The van der Waals surface area contributed by atoms with E-state index in [9.17, 15) is 14.7 Å². The van der Waals surface area contributed by atoms with Crippen molar-refractivity contribution in [1.82, 2.24) is 9.97 Å². The van der Waals surface area contributed by atoms with Crippen molar-refractivity contribution >= 4 is 34.7 Å². The van der Waals surface area contributed by atoms with Gasteiger partial charge in [0.15, 0.2) is 5.16 Å². The zero-order chi connectivity index (χ0) is 19.4. The number of nitrogens with zero attached hydrogens (tertiary/aromatic N) is 1. The zero-order valence-electron chi connectivity index (χ0n) is 14.6. The first-order valence-electron chi connectivity index (χ1n) is 8.29. The van der Waals surface area contributed by atoms with E-state index in [1.54, 1.807) is 30.3 Å². The van der Waals surface area contributed by atoms with Crippen molar-refractivity contribution in [2.45, 2.75) is 23.2 Å². The Balaban J connectivity index is 1.79. The van der Waals surface area contributed by atoms with Crippen LogP contribution in [0.2, 0.25) is 0 Å². The van der Waals surface area contributed by atoms with Crippen LogP contribution in [0.3, 0.4) is 0 Å². The lowest BCUT2D eigenvalue weighted by atomic mass is 10.1. The largest absolute Gasteiger partial charge is 0.508 e. The van der Waals surface area contributed by atoms with E-state index in [0.717, 1.165) is 5.56 Å². The second-order valence-corrected chi connectivity index (χ2v) is 7.13. The number of primary amides is 1. The number of carbonyl (C=O) groups is 2. The first-order chi connectivity index (χ1) is 13.0. The number of nitrogens with two attached hydrogens (primary N) is 1. The molecule has 1 heterocycles. The van der Waals surface area contributed by atoms with Gasteiger partial charge < -0.3 is 20.6 Å². The van der Waals surface area contributed by atoms with Crippen LogP contribution in [-0.4, -0.2) is 39.3 Å². The summed E-state index contributed by atoms with van der Waals surface area (Å²) in [5.41, 5.74) is 7.88. The number of thioether (sulfide) groups is 1. The number of hydrogen-bond donors (Lipinski definition) is 3. The lowest BCUT2D eigenvalue weighted by Crippen LogP contribution is -2.19. The van der Waals surface area contributed by atoms with E-state index >= 15 is 0 Å². The lowest BCUT2D eigenvalue weighted by molar-refractivity contribution is -0.140. The molecular weight excluding hydrogens is 366 g/mol. The average molecular weight is 385 g/mol. The maximum atomic E-state index is 12.2. The Kier molecular flexibility index (Phi) is 5.66. The molecule has 0 radical (unpaired) electrons. The second kappa shape index (κ2) is 8.13. The fourth-order valence-electron chi connectivity index (χ4n) is 2.72. The first kappa shape index (κ1) is 18.8. The summed E-state index contributed by atoms with van der Waals surface area (Å²) in [7, 11) is 1.35. The standard InChI is InChI=1S/C19H19N3O4S/c1-26-18(25)15(10-7-11-5-8-12(23)9-6-11)27-19-21-14-4-2-3-13(17(20)24)16(14)22-19/h2-6,8-9,15,23H,7,10H2,1H3,(H2,20,24)(H,21,22). The molecule has 0 bridgehead atoms. The molecule has 0 saturated carbocycles.